The predicted octanol–water partition coefficient (Wildman–Crippen LogP) is 3.76. The molecule has 5 heterocycles. The van der Waals surface area contributed by atoms with Crippen molar-refractivity contribution in [3.05, 3.63) is 58.1 Å². The van der Waals surface area contributed by atoms with E-state index in [0.717, 1.165) is 6.42 Å². The minimum absolute atomic E-state index is 0.0923. The first-order chi connectivity index (χ1) is 16.4. The zero-order valence-electron chi connectivity index (χ0n) is 18.2. The first-order valence-corrected chi connectivity index (χ1v) is 10.6. The molecule has 1 aliphatic heterocycles. The van der Waals surface area contributed by atoms with E-state index in [0.29, 0.717) is 30.1 Å². The fourth-order valence-corrected chi connectivity index (χ4v) is 4.55. The van der Waals surface area contributed by atoms with Gasteiger partial charge in [-0.05, 0) is 51.0 Å². The Labute approximate surface area is 190 Å². The van der Waals surface area contributed by atoms with Gasteiger partial charge in [-0.25, -0.2) is 9.37 Å². The summed E-state index contributed by atoms with van der Waals surface area (Å²) in [6, 6.07) is 8.07. The largest absolute Gasteiger partial charge is 0.456 e. The van der Waals surface area contributed by atoms with E-state index in [9.17, 15) is 14.4 Å². The number of nitrogens with zero attached hydrogens (tertiary/aromatic N) is 6. The Morgan fingerprint density at radius 2 is 2.09 bits per heavy atom. The van der Waals surface area contributed by atoms with Crippen LogP contribution in [0.25, 0.3) is 39.7 Å². The molecule has 0 saturated carbocycles. The highest BCUT2D eigenvalue weighted by molar-refractivity contribution is 5.87. The molecule has 4 aromatic heterocycles. The monoisotopic (exact) mass is 460 g/mol. The smallest absolute Gasteiger partial charge is 0.293 e. The Morgan fingerprint density at radius 1 is 1.24 bits per heavy atom. The van der Waals surface area contributed by atoms with Crippen molar-refractivity contribution in [1.82, 2.24) is 24.1 Å². The number of hydrogen-bond donors (Lipinski definition) is 0. The highest BCUT2D eigenvalue weighted by Crippen LogP contribution is 2.35. The number of furan rings is 1. The minimum Gasteiger partial charge on any atom is -0.456 e. The number of imidazole rings is 1. The van der Waals surface area contributed by atoms with E-state index in [1.54, 1.807) is 26.0 Å². The second-order valence-corrected chi connectivity index (χ2v) is 8.31. The number of benzene rings is 1. The van der Waals surface area contributed by atoms with E-state index in [1.165, 1.54) is 27.4 Å². The number of aromatic nitrogens is 5. The average Bonchev–Trinajstić information content (AvgIpc) is 3.60. The van der Waals surface area contributed by atoms with Gasteiger partial charge in [0, 0.05) is 6.61 Å². The maximum absolute atomic E-state index is 14.6. The van der Waals surface area contributed by atoms with Crippen molar-refractivity contribution in [2.45, 2.75) is 32.4 Å². The van der Waals surface area contributed by atoms with Gasteiger partial charge >= 0.3 is 0 Å². The van der Waals surface area contributed by atoms with Gasteiger partial charge in [-0.15, -0.1) is 0 Å². The lowest BCUT2D eigenvalue weighted by atomic mass is 10.1. The fourth-order valence-electron chi connectivity index (χ4n) is 4.55. The molecule has 11 heteroatoms. The van der Waals surface area contributed by atoms with E-state index < -0.39 is 17.1 Å². The van der Waals surface area contributed by atoms with Crippen LogP contribution in [0, 0.1) is 24.1 Å². The van der Waals surface area contributed by atoms with E-state index >= 15 is 0 Å². The van der Waals surface area contributed by atoms with Crippen molar-refractivity contribution in [2.24, 2.45) is 0 Å². The van der Waals surface area contributed by atoms with E-state index in [1.807, 2.05) is 6.07 Å². The Morgan fingerprint density at radius 3 is 2.79 bits per heavy atom. The molecule has 0 N–H and O–H groups in total. The van der Waals surface area contributed by atoms with E-state index in [4.69, 9.17) is 13.7 Å². The molecule has 1 saturated heterocycles. The van der Waals surface area contributed by atoms with E-state index in [-0.39, 0.29) is 34.0 Å². The molecule has 0 amide bonds. The quantitative estimate of drug-likeness (QED) is 0.399. The van der Waals surface area contributed by atoms with Gasteiger partial charge in [0.15, 0.2) is 5.76 Å². The zero-order valence-corrected chi connectivity index (χ0v) is 18.2. The molecule has 170 valence electrons. The molecule has 0 aliphatic carbocycles. The normalized spacial score (nSPS) is 18.2. The lowest BCUT2D eigenvalue weighted by molar-refractivity contribution is -0.0448. The summed E-state index contributed by atoms with van der Waals surface area (Å²) in [5.41, 5.74) is -0.899. The second-order valence-electron chi connectivity index (χ2n) is 8.31. The summed E-state index contributed by atoms with van der Waals surface area (Å²) in [5.74, 6) is 0.589. The summed E-state index contributed by atoms with van der Waals surface area (Å²) in [6.07, 6.45) is 2.66. The van der Waals surface area contributed by atoms with Crippen LogP contribution in [0.15, 0.2) is 44.3 Å². The molecule has 6 rings (SSSR count). The molecule has 10 nitrogen and oxygen atoms in total. The van der Waals surface area contributed by atoms with Crippen LogP contribution >= 0.6 is 0 Å². The number of hydrogen-bond acceptors (Lipinski definition) is 8. The average molecular weight is 460 g/mol. The molecule has 0 spiro atoms. The second kappa shape index (κ2) is 7.10. The third kappa shape index (κ3) is 2.75. The summed E-state index contributed by atoms with van der Waals surface area (Å²) in [4.78, 5) is 22.7. The summed E-state index contributed by atoms with van der Waals surface area (Å²) in [5, 5.41) is 13.7. The fraction of sp³-hybridized carbons (Fsp3) is 0.261. The van der Waals surface area contributed by atoms with Crippen molar-refractivity contribution in [2.75, 3.05) is 6.61 Å². The first kappa shape index (κ1) is 20.3. The van der Waals surface area contributed by atoms with Crippen molar-refractivity contribution in [3.63, 3.8) is 0 Å². The number of ether oxygens (including phenoxy) is 1. The number of nitriles is 1. The van der Waals surface area contributed by atoms with Crippen LogP contribution in [0.3, 0.4) is 0 Å². The molecular formula is C23H17FN6O4. The van der Waals surface area contributed by atoms with Crippen LogP contribution in [-0.4, -0.2) is 30.7 Å². The van der Waals surface area contributed by atoms with Crippen LogP contribution in [0.4, 0.5) is 4.39 Å². The topological polar surface area (TPSA) is 124 Å². The molecule has 5 aromatic rings. The molecule has 0 bridgehead atoms. The van der Waals surface area contributed by atoms with Gasteiger partial charge in [-0.3, -0.25) is 13.8 Å². The Hall–Kier alpha value is -4.30. The Bertz CT molecular complexity index is 1700. The van der Waals surface area contributed by atoms with Gasteiger partial charge in [0.05, 0.1) is 11.0 Å². The van der Waals surface area contributed by atoms with Gasteiger partial charge in [0.25, 0.3) is 11.4 Å². The Balaban J connectivity index is 1.68. The third-order valence-corrected chi connectivity index (χ3v) is 6.13. The minimum atomic E-state index is -1.06. The maximum Gasteiger partial charge on any atom is 0.293 e. The van der Waals surface area contributed by atoms with Crippen LogP contribution in [0.2, 0.25) is 0 Å². The Kier molecular flexibility index (Phi) is 4.24. The number of rotatable bonds is 3. The molecular weight excluding hydrogens is 443 g/mol. The van der Waals surface area contributed by atoms with Crippen LogP contribution < -0.4 is 5.56 Å². The van der Waals surface area contributed by atoms with E-state index in [2.05, 4.69) is 15.1 Å². The van der Waals surface area contributed by atoms with Crippen LogP contribution in [0.1, 0.15) is 31.1 Å². The third-order valence-electron chi connectivity index (χ3n) is 6.13. The molecule has 0 radical (unpaired) electrons. The summed E-state index contributed by atoms with van der Waals surface area (Å²) in [7, 11) is 0. The highest BCUT2D eigenvalue weighted by Gasteiger charge is 2.37. The van der Waals surface area contributed by atoms with Crippen molar-refractivity contribution < 1.29 is 18.1 Å². The lowest BCUT2D eigenvalue weighted by Gasteiger charge is -2.28. The van der Waals surface area contributed by atoms with Gasteiger partial charge in [-0.1, -0.05) is 5.16 Å². The van der Waals surface area contributed by atoms with Crippen LogP contribution in [0.5, 0.6) is 0 Å². The first-order valence-electron chi connectivity index (χ1n) is 10.6. The van der Waals surface area contributed by atoms with Gasteiger partial charge < -0.3 is 13.7 Å². The summed E-state index contributed by atoms with van der Waals surface area (Å²) < 4.78 is 34.3. The standard InChI is InChI=1S/C23H17FN6O4/c1-12-4-7-16(33-12)21-27-20(28-34-21)17-19-22(31)30(23(2)8-3-9-32-23)18-13(10-25)14(24)5-6-15(18)29(19)11-26-17/h4-7,11H,3,8-9H2,1-2H3. The molecule has 1 aliphatic rings. The van der Waals surface area contributed by atoms with Crippen molar-refractivity contribution >= 4 is 16.6 Å². The summed E-state index contributed by atoms with van der Waals surface area (Å²) >= 11 is 0. The number of fused-ring (bicyclic) bond motifs is 3. The molecule has 1 unspecified atom stereocenters. The number of aryl methyl sites for hydroxylation is 1. The SMILES string of the molecule is Cc1ccc(-c2nc(-c3ncn4c3c(=O)n(C3(C)CCCO3)c3c(C#N)c(F)ccc34)no2)o1. The molecule has 1 aromatic carbocycles. The lowest BCUT2D eigenvalue weighted by Crippen LogP contribution is -2.39. The van der Waals surface area contributed by atoms with Gasteiger partial charge in [0.2, 0.25) is 5.82 Å². The van der Waals surface area contributed by atoms with Crippen LogP contribution in [-0.2, 0) is 10.5 Å². The molecule has 1 fully saturated rings. The highest BCUT2D eigenvalue weighted by atomic mass is 19.1. The summed E-state index contributed by atoms with van der Waals surface area (Å²) in [6.45, 7) is 3.99. The van der Waals surface area contributed by atoms with Gasteiger partial charge in [0.1, 0.15) is 46.5 Å². The van der Waals surface area contributed by atoms with Crippen molar-refractivity contribution in [3.8, 4) is 29.2 Å². The van der Waals surface area contributed by atoms with Gasteiger partial charge in [-0.2, -0.15) is 10.2 Å². The van der Waals surface area contributed by atoms with Crippen molar-refractivity contribution in [1.29, 1.82) is 5.26 Å². The predicted molar refractivity (Wildman–Crippen MR) is 116 cm³/mol. The molecule has 1 atom stereocenters. The molecule has 34 heavy (non-hydrogen) atoms. The zero-order chi connectivity index (χ0) is 23.6. The number of halogens is 1. The maximum atomic E-state index is 14.6.